The Labute approximate surface area is 160 Å². The predicted molar refractivity (Wildman–Crippen MR) is 105 cm³/mol. The first-order valence-corrected chi connectivity index (χ1v) is 9.02. The molecule has 6 heteroatoms. The number of aryl methyl sites for hydroxylation is 1. The van der Waals surface area contributed by atoms with Crippen LogP contribution in [0.15, 0.2) is 42.5 Å². The van der Waals surface area contributed by atoms with Crippen molar-refractivity contribution >= 4 is 11.6 Å². The van der Waals surface area contributed by atoms with E-state index in [1.807, 2.05) is 68.3 Å². The highest BCUT2D eigenvalue weighted by Crippen LogP contribution is 2.31. The van der Waals surface area contributed by atoms with Crippen molar-refractivity contribution in [2.45, 2.75) is 26.0 Å². The molecule has 1 amide bonds. The second-order valence-corrected chi connectivity index (χ2v) is 6.81. The van der Waals surface area contributed by atoms with Crippen LogP contribution in [0.5, 0.6) is 17.2 Å². The van der Waals surface area contributed by atoms with Crippen molar-refractivity contribution < 1.29 is 19.0 Å². The van der Waals surface area contributed by atoms with Crippen LogP contribution in [0.2, 0.25) is 0 Å². The van der Waals surface area contributed by atoms with E-state index in [1.54, 1.807) is 7.11 Å². The van der Waals surface area contributed by atoms with Gasteiger partial charge < -0.3 is 19.5 Å². The molecule has 0 radical (unpaired) electrons. The molecule has 1 aliphatic heterocycles. The van der Waals surface area contributed by atoms with Crippen molar-refractivity contribution in [1.29, 1.82) is 0 Å². The molecule has 6 nitrogen and oxygen atoms in total. The second-order valence-electron chi connectivity index (χ2n) is 6.81. The summed E-state index contributed by atoms with van der Waals surface area (Å²) in [4.78, 5) is 14.7. The van der Waals surface area contributed by atoms with Gasteiger partial charge in [-0.25, -0.2) is 0 Å². The van der Waals surface area contributed by atoms with Crippen LogP contribution in [0, 0.1) is 6.92 Å². The van der Waals surface area contributed by atoms with Crippen LogP contribution in [0.1, 0.15) is 12.5 Å². The van der Waals surface area contributed by atoms with Gasteiger partial charge in [-0.2, -0.15) is 0 Å². The molecule has 0 spiro atoms. The first-order valence-electron chi connectivity index (χ1n) is 9.02. The molecule has 0 aliphatic carbocycles. The normalized spacial score (nSPS) is 16.7. The molecular formula is C21H26N2O4. The number of carbonyl (C=O) groups is 1. The predicted octanol–water partition coefficient (Wildman–Crippen LogP) is 3.10. The van der Waals surface area contributed by atoms with Gasteiger partial charge in [0, 0.05) is 6.54 Å². The van der Waals surface area contributed by atoms with Gasteiger partial charge in [-0.05, 0) is 50.7 Å². The number of methoxy groups -OCH3 is 1. The highest BCUT2D eigenvalue weighted by molar-refractivity contribution is 5.95. The average Bonchev–Trinajstić information content (AvgIpc) is 2.67. The Balaban J connectivity index is 1.60. The number of anilines is 1. The zero-order chi connectivity index (χ0) is 19.4. The molecule has 3 rings (SSSR count). The fourth-order valence-electron chi connectivity index (χ4n) is 2.99. The Kier molecular flexibility index (Phi) is 5.86. The number of carbonyl (C=O) groups excluding carboxylic acids is 1. The van der Waals surface area contributed by atoms with E-state index in [2.05, 4.69) is 5.32 Å². The van der Waals surface area contributed by atoms with E-state index in [9.17, 15) is 4.79 Å². The summed E-state index contributed by atoms with van der Waals surface area (Å²) < 4.78 is 17.1. The summed E-state index contributed by atoms with van der Waals surface area (Å²) in [6.07, 6.45) is -0.131. The lowest BCUT2D eigenvalue weighted by molar-refractivity contribution is -0.120. The van der Waals surface area contributed by atoms with Crippen molar-refractivity contribution in [3.8, 4) is 17.2 Å². The summed E-state index contributed by atoms with van der Waals surface area (Å²) in [7, 11) is 3.50. The number of amides is 1. The van der Waals surface area contributed by atoms with Crippen molar-refractivity contribution in [2.24, 2.45) is 0 Å². The molecule has 1 N–H and O–H groups in total. The second kappa shape index (κ2) is 8.31. The largest absolute Gasteiger partial charge is 0.495 e. The summed E-state index contributed by atoms with van der Waals surface area (Å²) in [5.41, 5.74) is 1.73. The Hall–Kier alpha value is -2.73. The molecule has 1 heterocycles. The van der Waals surface area contributed by atoms with E-state index in [-0.39, 0.29) is 18.1 Å². The number of para-hydroxylation sites is 2. The van der Waals surface area contributed by atoms with E-state index >= 15 is 0 Å². The first-order chi connectivity index (χ1) is 13.0. The fourth-order valence-corrected chi connectivity index (χ4v) is 2.99. The van der Waals surface area contributed by atoms with Crippen LogP contribution < -0.4 is 19.5 Å². The monoisotopic (exact) mass is 370 g/mol. The number of fused-ring (bicyclic) bond motifs is 1. The maximum atomic E-state index is 12.7. The minimum absolute atomic E-state index is 0.0986. The topological polar surface area (TPSA) is 60.0 Å². The molecule has 0 fully saturated rings. The van der Waals surface area contributed by atoms with E-state index in [0.717, 1.165) is 17.1 Å². The van der Waals surface area contributed by atoms with E-state index in [0.29, 0.717) is 24.6 Å². The van der Waals surface area contributed by atoms with Crippen molar-refractivity contribution in [2.75, 3.05) is 32.6 Å². The number of likely N-dealkylation sites (N-methyl/N-ethyl adjacent to an activating group) is 1. The Morgan fingerprint density at radius 3 is 2.78 bits per heavy atom. The fraction of sp³-hybridized carbons (Fsp3) is 0.381. The number of rotatable bonds is 6. The third-order valence-corrected chi connectivity index (χ3v) is 4.71. The van der Waals surface area contributed by atoms with Gasteiger partial charge in [0.2, 0.25) is 5.91 Å². The van der Waals surface area contributed by atoms with Gasteiger partial charge in [0.1, 0.15) is 18.5 Å². The van der Waals surface area contributed by atoms with Crippen molar-refractivity contribution in [3.05, 3.63) is 48.0 Å². The summed E-state index contributed by atoms with van der Waals surface area (Å²) >= 11 is 0. The number of nitrogens with zero attached hydrogens (tertiary/aromatic N) is 1. The van der Waals surface area contributed by atoms with Crippen molar-refractivity contribution in [1.82, 2.24) is 4.90 Å². The lowest BCUT2D eigenvalue weighted by atomic mass is 10.2. The zero-order valence-electron chi connectivity index (χ0n) is 16.2. The maximum absolute atomic E-state index is 12.7. The summed E-state index contributed by atoms with van der Waals surface area (Å²) in [6, 6.07) is 13.0. The average molecular weight is 370 g/mol. The molecule has 2 aromatic carbocycles. The summed E-state index contributed by atoms with van der Waals surface area (Å²) in [5, 5.41) is 2.96. The molecule has 2 aromatic rings. The molecule has 1 aliphatic rings. The van der Waals surface area contributed by atoms with Gasteiger partial charge in [-0.15, -0.1) is 0 Å². The molecule has 0 bridgehead atoms. The quantitative estimate of drug-likeness (QED) is 0.847. The minimum Gasteiger partial charge on any atom is -0.495 e. The van der Waals surface area contributed by atoms with Gasteiger partial charge in [-0.3, -0.25) is 9.69 Å². The lowest BCUT2D eigenvalue weighted by Crippen LogP contribution is -2.46. The van der Waals surface area contributed by atoms with Gasteiger partial charge >= 0.3 is 0 Å². The van der Waals surface area contributed by atoms with Crippen LogP contribution in [0.3, 0.4) is 0 Å². The van der Waals surface area contributed by atoms with Gasteiger partial charge in [0.05, 0.1) is 18.8 Å². The van der Waals surface area contributed by atoms with Crippen LogP contribution in [-0.2, 0) is 4.79 Å². The summed E-state index contributed by atoms with van der Waals surface area (Å²) in [5.74, 6) is 2.04. The number of ether oxygens (including phenoxy) is 3. The van der Waals surface area contributed by atoms with Crippen LogP contribution >= 0.6 is 0 Å². The molecule has 0 unspecified atom stereocenters. The van der Waals surface area contributed by atoms with Crippen molar-refractivity contribution in [3.63, 3.8) is 0 Å². The summed E-state index contributed by atoms with van der Waals surface area (Å²) in [6.45, 7) is 4.88. The van der Waals surface area contributed by atoms with E-state index in [1.165, 1.54) is 0 Å². The number of hydrogen-bond donors (Lipinski definition) is 1. The van der Waals surface area contributed by atoms with Crippen LogP contribution in [0.25, 0.3) is 0 Å². The first kappa shape index (κ1) is 19.0. The number of hydrogen-bond acceptors (Lipinski definition) is 5. The van der Waals surface area contributed by atoms with Crippen LogP contribution in [-0.4, -0.2) is 50.3 Å². The lowest BCUT2D eigenvalue weighted by Gasteiger charge is -2.31. The standard InChI is InChI=1S/C21H26N2O4/c1-14-9-10-18(25-4)17(11-14)22-21(24)15(2)23(3)12-16-13-26-19-7-5-6-8-20(19)27-16/h5-11,15-16H,12-13H2,1-4H3,(H,22,24)/t15-,16+/m0/s1. The molecule has 0 saturated carbocycles. The van der Waals surface area contributed by atoms with Crippen LogP contribution in [0.4, 0.5) is 5.69 Å². The number of nitrogens with one attached hydrogen (secondary N) is 1. The molecule has 144 valence electrons. The molecule has 0 aromatic heterocycles. The maximum Gasteiger partial charge on any atom is 0.241 e. The van der Waals surface area contributed by atoms with Gasteiger partial charge in [0.25, 0.3) is 0 Å². The van der Waals surface area contributed by atoms with E-state index in [4.69, 9.17) is 14.2 Å². The highest BCUT2D eigenvalue weighted by atomic mass is 16.6. The Morgan fingerprint density at radius 2 is 2.04 bits per heavy atom. The van der Waals surface area contributed by atoms with Gasteiger partial charge in [0.15, 0.2) is 11.5 Å². The van der Waals surface area contributed by atoms with E-state index < -0.39 is 0 Å². The minimum atomic E-state index is -0.337. The zero-order valence-corrected chi connectivity index (χ0v) is 16.2. The molecule has 0 saturated heterocycles. The third-order valence-electron chi connectivity index (χ3n) is 4.71. The smallest absolute Gasteiger partial charge is 0.241 e. The Bertz CT molecular complexity index is 809. The molecule has 27 heavy (non-hydrogen) atoms. The molecular weight excluding hydrogens is 344 g/mol. The number of benzene rings is 2. The Morgan fingerprint density at radius 1 is 1.30 bits per heavy atom. The molecule has 2 atom stereocenters. The highest BCUT2D eigenvalue weighted by Gasteiger charge is 2.26. The third kappa shape index (κ3) is 4.52. The SMILES string of the molecule is COc1ccc(C)cc1NC(=O)[C@H](C)N(C)C[C@@H]1COc2ccccc2O1. The van der Waals surface area contributed by atoms with Gasteiger partial charge in [-0.1, -0.05) is 18.2 Å².